The van der Waals surface area contributed by atoms with Crippen LogP contribution < -0.4 is 0 Å². The summed E-state index contributed by atoms with van der Waals surface area (Å²) in [6, 6.07) is 20.8. The Bertz CT molecular complexity index is 979. The molecule has 138 valence electrons. The van der Waals surface area contributed by atoms with Crippen LogP contribution in [-0.4, -0.2) is 12.3 Å². The molecule has 0 radical (unpaired) electrons. The van der Waals surface area contributed by atoms with E-state index in [9.17, 15) is 0 Å². The summed E-state index contributed by atoms with van der Waals surface area (Å²) in [6.45, 7) is 9.15. The minimum atomic E-state index is 0.0978. The van der Waals surface area contributed by atoms with Crippen LogP contribution >= 0.6 is 7.92 Å². The van der Waals surface area contributed by atoms with Gasteiger partial charge >= 0.3 is 0 Å². The summed E-state index contributed by atoms with van der Waals surface area (Å²) in [4.78, 5) is 0. The van der Waals surface area contributed by atoms with Crippen LogP contribution in [0.4, 0.5) is 0 Å². The largest absolute Gasteiger partial charge is 0.103 e. The number of aryl methyl sites for hydroxylation is 2. The van der Waals surface area contributed by atoms with Gasteiger partial charge in [-0.1, -0.05) is 74.0 Å². The number of hydrogen-bond donors (Lipinski definition) is 0. The van der Waals surface area contributed by atoms with Crippen molar-refractivity contribution in [3.8, 4) is 22.3 Å². The average molecular weight is 372 g/mol. The maximum Gasteiger partial charge on any atom is -0.000708 e. The van der Waals surface area contributed by atoms with E-state index in [2.05, 4.69) is 82.3 Å². The van der Waals surface area contributed by atoms with Crippen LogP contribution in [0.25, 0.3) is 22.3 Å². The maximum atomic E-state index is 2.37. The molecule has 1 heteroatoms. The van der Waals surface area contributed by atoms with E-state index in [-0.39, 0.29) is 7.92 Å². The molecule has 0 saturated carbocycles. The van der Waals surface area contributed by atoms with E-state index < -0.39 is 0 Å². The molecule has 0 atom stereocenters. The topological polar surface area (TPSA) is 0 Å². The van der Waals surface area contributed by atoms with Crippen molar-refractivity contribution in [3.63, 3.8) is 0 Å². The van der Waals surface area contributed by atoms with E-state index in [4.69, 9.17) is 0 Å². The van der Waals surface area contributed by atoms with Gasteiger partial charge in [-0.25, -0.2) is 0 Å². The van der Waals surface area contributed by atoms with E-state index in [1.54, 1.807) is 0 Å². The lowest BCUT2D eigenvalue weighted by atomic mass is 9.91. The second-order valence-electron chi connectivity index (χ2n) is 7.74. The Morgan fingerprint density at radius 3 is 2.33 bits per heavy atom. The molecular weight excluding hydrogens is 343 g/mol. The second-order valence-corrected chi connectivity index (χ2v) is 10.7. The van der Waals surface area contributed by atoms with Gasteiger partial charge in [-0.05, 0) is 83.3 Å². The standard InChI is InChI=1S/C26H29P/c1-5-27(6-2)17-20-9-7-8-10-22(20)24-14-12-19(4)26-23-13-11-18(3)15-21(23)16-25(24)26/h7-15H,5-6,16-17H2,1-4H3. The first-order valence-corrected chi connectivity index (χ1v) is 12.0. The van der Waals surface area contributed by atoms with Crippen LogP contribution in [0.5, 0.6) is 0 Å². The Balaban J connectivity index is 1.85. The lowest BCUT2D eigenvalue weighted by molar-refractivity contribution is 1.24. The highest BCUT2D eigenvalue weighted by Gasteiger charge is 2.24. The number of rotatable bonds is 5. The van der Waals surface area contributed by atoms with Gasteiger partial charge in [0.15, 0.2) is 0 Å². The van der Waals surface area contributed by atoms with Crippen LogP contribution in [0.3, 0.4) is 0 Å². The Hall–Kier alpha value is -1.91. The summed E-state index contributed by atoms with van der Waals surface area (Å²) in [7, 11) is 0.0978. The quantitative estimate of drug-likeness (QED) is 0.317. The van der Waals surface area contributed by atoms with E-state index >= 15 is 0 Å². The molecule has 0 aliphatic heterocycles. The molecule has 3 aromatic rings. The van der Waals surface area contributed by atoms with Gasteiger partial charge < -0.3 is 0 Å². The molecule has 0 saturated heterocycles. The summed E-state index contributed by atoms with van der Waals surface area (Å²) >= 11 is 0. The molecule has 0 heterocycles. The molecule has 1 aliphatic rings. The Morgan fingerprint density at radius 1 is 0.815 bits per heavy atom. The number of fused-ring (bicyclic) bond motifs is 3. The summed E-state index contributed by atoms with van der Waals surface area (Å²) in [5.74, 6) is 0. The third kappa shape index (κ3) is 3.37. The van der Waals surface area contributed by atoms with Gasteiger partial charge in [0.25, 0.3) is 0 Å². The van der Waals surface area contributed by atoms with Gasteiger partial charge in [0, 0.05) is 0 Å². The van der Waals surface area contributed by atoms with E-state index in [1.807, 2.05) is 0 Å². The van der Waals surface area contributed by atoms with Gasteiger partial charge in [-0.3, -0.25) is 0 Å². The van der Waals surface area contributed by atoms with Gasteiger partial charge in [-0.15, -0.1) is 7.92 Å². The fourth-order valence-corrected chi connectivity index (χ4v) is 6.14. The van der Waals surface area contributed by atoms with Gasteiger partial charge in [0.05, 0.1) is 0 Å². The minimum Gasteiger partial charge on any atom is -0.103 e. The molecule has 0 aromatic heterocycles. The van der Waals surface area contributed by atoms with Crippen molar-refractivity contribution in [1.82, 2.24) is 0 Å². The van der Waals surface area contributed by atoms with E-state index in [0.717, 1.165) is 6.42 Å². The zero-order valence-electron chi connectivity index (χ0n) is 17.0. The predicted octanol–water partition coefficient (Wildman–Crippen LogP) is 7.56. The van der Waals surface area contributed by atoms with Crippen LogP contribution in [0.1, 0.15) is 41.7 Å². The van der Waals surface area contributed by atoms with E-state index in [1.165, 1.54) is 68.6 Å². The molecule has 0 unspecified atom stereocenters. The van der Waals surface area contributed by atoms with Crippen molar-refractivity contribution >= 4 is 7.92 Å². The van der Waals surface area contributed by atoms with Crippen molar-refractivity contribution in [3.05, 3.63) is 82.4 Å². The van der Waals surface area contributed by atoms with Crippen LogP contribution in [0.15, 0.2) is 54.6 Å². The molecule has 0 N–H and O–H groups in total. The van der Waals surface area contributed by atoms with Crippen molar-refractivity contribution in [2.45, 2.75) is 40.3 Å². The summed E-state index contributed by atoms with van der Waals surface area (Å²) in [5.41, 5.74) is 13.1. The number of benzene rings is 3. The monoisotopic (exact) mass is 372 g/mol. The van der Waals surface area contributed by atoms with Crippen LogP contribution in [0.2, 0.25) is 0 Å². The van der Waals surface area contributed by atoms with Crippen molar-refractivity contribution < 1.29 is 0 Å². The highest BCUT2D eigenvalue weighted by Crippen LogP contribution is 2.46. The predicted molar refractivity (Wildman–Crippen MR) is 121 cm³/mol. The lowest BCUT2D eigenvalue weighted by Crippen LogP contribution is -1.96. The molecule has 4 rings (SSSR count). The molecule has 0 bridgehead atoms. The Kier molecular flexibility index (Phi) is 5.20. The van der Waals surface area contributed by atoms with E-state index in [0.29, 0.717) is 0 Å². The zero-order chi connectivity index (χ0) is 19.0. The normalized spacial score (nSPS) is 12.3. The summed E-state index contributed by atoms with van der Waals surface area (Å²) < 4.78 is 0. The highest BCUT2D eigenvalue weighted by molar-refractivity contribution is 7.56. The fourth-order valence-electron chi connectivity index (χ4n) is 4.49. The molecule has 3 aromatic carbocycles. The Labute approximate surface area is 165 Å². The average Bonchev–Trinajstić information content (AvgIpc) is 3.06. The van der Waals surface area contributed by atoms with Crippen LogP contribution in [-0.2, 0) is 12.6 Å². The molecule has 27 heavy (non-hydrogen) atoms. The summed E-state index contributed by atoms with van der Waals surface area (Å²) in [5, 5.41) is 0. The second kappa shape index (κ2) is 7.61. The van der Waals surface area contributed by atoms with Crippen molar-refractivity contribution in [1.29, 1.82) is 0 Å². The van der Waals surface area contributed by atoms with Gasteiger partial charge in [0.1, 0.15) is 0 Å². The van der Waals surface area contributed by atoms with Gasteiger partial charge in [-0.2, -0.15) is 0 Å². The molecule has 0 spiro atoms. The first kappa shape index (κ1) is 18.5. The van der Waals surface area contributed by atoms with Crippen LogP contribution in [0, 0.1) is 13.8 Å². The number of hydrogen-bond acceptors (Lipinski definition) is 0. The molecular formula is C26H29P. The zero-order valence-corrected chi connectivity index (χ0v) is 17.9. The summed E-state index contributed by atoms with van der Waals surface area (Å²) in [6.07, 6.45) is 4.94. The molecule has 0 nitrogen and oxygen atoms in total. The minimum absolute atomic E-state index is 0.0978. The first-order chi connectivity index (χ1) is 13.1. The lowest BCUT2D eigenvalue weighted by Gasteiger charge is -2.19. The Morgan fingerprint density at radius 2 is 1.56 bits per heavy atom. The van der Waals surface area contributed by atoms with Crippen molar-refractivity contribution in [2.24, 2.45) is 0 Å². The molecule has 1 aliphatic carbocycles. The van der Waals surface area contributed by atoms with Crippen molar-refractivity contribution in [2.75, 3.05) is 12.3 Å². The van der Waals surface area contributed by atoms with Gasteiger partial charge in [0.2, 0.25) is 0 Å². The fraction of sp³-hybridized carbons (Fsp3) is 0.308. The highest BCUT2D eigenvalue weighted by atomic mass is 31.1. The molecule has 0 amide bonds. The first-order valence-electron chi connectivity index (χ1n) is 10.1. The third-order valence-corrected chi connectivity index (χ3v) is 8.59. The smallest absolute Gasteiger partial charge is 0.000708 e. The SMILES string of the molecule is CCP(CC)Cc1ccccc1-c1ccc(C)c2c1Cc1cc(C)ccc1-2. The maximum absolute atomic E-state index is 2.37. The molecule has 0 fully saturated rings. The third-order valence-electron chi connectivity index (χ3n) is 6.01.